The first-order chi connectivity index (χ1) is 14.6. The van der Waals surface area contributed by atoms with E-state index < -0.39 is 17.7 Å². The maximum atomic E-state index is 13.6. The summed E-state index contributed by atoms with van der Waals surface area (Å²) in [5, 5.41) is 7.37. The number of hydrazone groups is 1. The van der Waals surface area contributed by atoms with Crippen LogP contribution < -0.4 is 5.43 Å². The van der Waals surface area contributed by atoms with Gasteiger partial charge in [0.05, 0.1) is 28.3 Å². The summed E-state index contributed by atoms with van der Waals surface area (Å²) >= 11 is 0. The molecule has 4 rings (SSSR count). The van der Waals surface area contributed by atoms with Crippen LogP contribution in [0.5, 0.6) is 0 Å². The van der Waals surface area contributed by atoms with Gasteiger partial charge in [-0.15, -0.1) is 0 Å². The highest BCUT2D eigenvalue weighted by molar-refractivity contribution is 6.07. The lowest BCUT2D eigenvalue weighted by atomic mass is 9.92. The molecule has 2 aliphatic rings. The summed E-state index contributed by atoms with van der Waals surface area (Å²) in [6.45, 7) is 3.97. The standard InChI is InChI=1S/C20H22F3N5O3/c1-10-13(18(30)26-25-10)5-6-16(29)28-7-3-4-12(9-28)15-8-14(20(21,22)23)17-11(2)27-31-19(17)24-15/h8,12-13H,3-7,9H2,1-2H3,(H,26,30)/t12-,13+/m0/s1. The summed E-state index contributed by atoms with van der Waals surface area (Å²) in [6.07, 6.45) is -2.79. The van der Waals surface area contributed by atoms with Crippen LogP contribution in [0.25, 0.3) is 11.1 Å². The number of rotatable bonds is 4. The topological polar surface area (TPSA) is 101 Å². The molecule has 31 heavy (non-hydrogen) atoms. The number of likely N-dealkylation sites (tertiary alicyclic amines) is 1. The van der Waals surface area contributed by atoms with Gasteiger partial charge in [-0.05, 0) is 39.2 Å². The Kier molecular flexibility index (Phi) is 5.44. The van der Waals surface area contributed by atoms with Crippen molar-refractivity contribution in [2.45, 2.75) is 51.6 Å². The number of pyridine rings is 1. The molecule has 1 saturated heterocycles. The first-order valence-electron chi connectivity index (χ1n) is 10.1. The van der Waals surface area contributed by atoms with E-state index in [0.29, 0.717) is 31.5 Å². The van der Waals surface area contributed by atoms with Gasteiger partial charge >= 0.3 is 6.18 Å². The number of nitrogens with zero attached hydrogens (tertiary/aromatic N) is 4. The molecule has 2 aliphatic heterocycles. The van der Waals surface area contributed by atoms with Crippen LogP contribution in [0.15, 0.2) is 15.7 Å². The highest BCUT2D eigenvalue weighted by Crippen LogP contribution is 2.38. The molecule has 0 spiro atoms. The summed E-state index contributed by atoms with van der Waals surface area (Å²) in [4.78, 5) is 30.4. The number of carbonyl (C=O) groups excluding carboxylic acids is 2. The molecule has 2 atom stereocenters. The number of carbonyl (C=O) groups is 2. The van der Waals surface area contributed by atoms with Crippen LogP contribution >= 0.6 is 0 Å². The van der Waals surface area contributed by atoms with Crippen molar-refractivity contribution in [1.82, 2.24) is 20.5 Å². The van der Waals surface area contributed by atoms with E-state index >= 15 is 0 Å². The van der Waals surface area contributed by atoms with Crippen molar-refractivity contribution in [1.29, 1.82) is 0 Å². The highest BCUT2D eigenvalue weighted by Gasteiger charge is 2.37. The number of piperidine rings is 1. The van der Waals surface area contributed by atoms with Crippen LogP contribution in [0.4, 0.5) is 13.2 Å². The average molecular weight is 437 g/mol. The number of amides is 2. The lowest BCUT2D eigenvalue weighted by Gasteiger charge is -2.33. The smallest absolute Gasteiger partial charge is 0.342 e. The fraction of sp³-hybridized carbons (Fsp3) is 0.550. The summed E-state index contributed by atoms with van der Waals surface area (Å²) in [5.41, 5.74) is 2.45. The third kappa shape index (κ3) is 4.13. The van der Waals surface area contributed by atoms with Crippen molar-refractivity contribution in [2.24, 2.45) is 11.0 Å². The Morgan fingerprint density at radius 3 is 2.81 bits per heavy atom. The molecule has 2 aromatic rings. The van der Waals surface area contributed by atoms with Crippen LogP contribution in [-0.2, 0) is 15.8 Å². The zero-order valence-electron chi connectivity index (χ0n) is 17.1. The Balaban J connectivity index is 1.51. The predicted octanol–water partition coefficient (Wildman–Crippen LogP) is 3.16. The summed E-state index contributed by atoms with van der Waals surface area (Å²) in [6, 6.07) is 1.05. The Bertz CT molecular complexity index is 1060. The van der Waals surface area contributed by atoms with E-state index in [1.54, 1.807) is 11.8 Å². The van der Waals surface area contributed by atoms with Gasteiger partial charge in [-0.1, -0.05) is 5.16 Å². The molecule has 2 aromatic heterocycles. The number of nitrogens with one attached hydrogen (secondary N) is 1. The number of alkyl halides is 3. The maximum absolute atomic E-state index is 13.6. The summed E-state index contributed by atoms with van der Waals surface area (Å²) in [5.74, 6) is -1.12. The first-order valence-corrected chi connectivity index (χ1v) is 10.1. The van der Waals surface area contributed by atoms with E-state index in [0.717, 1.165) is 6.07 Å². The van der Waals surface area contributed by atoms with Crippen LogP contribution in [-0.4, -0.2) is 45.7 Å². The molecular weight excluding hydrogens is 415 g/mol. The summed E-state index contributed by atoms with van der Waals surface area (Å²) < 4.78 is 45.9. The number of hydrogen-bond acceptors (Lipinski definition) is 6. The first kappa shape index (κ1) is 21.3. The molecule has 0 bridgehead atoms. The van der Waals surface area contributed by atoms with E-state index in [4.69, 9.17) is 4.52 Å². The van der Waals surface area contributed by atoms with Crippen molar-refractivity contribution in [3.05, 3.63) is 23.0 Å². The molecule has 0 aromatic carbocycles. The molecule has 8 nitrogen and oxygen atoms in total. The molecule has 2 amide bonds. The van der Waals surface area contributed by atoms with Gasteiger partial charge in [-0.2, -0.15) is 18.3 Å². The fourth-order valence-corrected chi connectivity index (χ4v) is 4.25. The van der Waals surface area contributed by atoms with Crippen LogP contribution in [0.3, 0.4) is 0 Å². The Hall–Kier alpha value is -2.98. The average Bonchev–Trinajstić information content (AvgIpc) is 3.26. The third-order valence-corrected chi connectivity index (χ3v) is 5.94. The van der Waals surface area contributed by atoms with Crippen LogP contribution in [0.1, 0.15) is 55.5 Å². The second-order valence-corrected chi connectivity index (χ2v) is 8.04. The number of aromatic nitrogens is 2. The number of fused-ring (bicyclic) bond motifs is 1. The Morgan fingerprint density at radius 2 is 2.13 bits per heavy atom. The molecule has 4 heterocycles. The lowest BCUT2D eigenvalue weighted by molar-refractivity contribution is -0.136. The predicted molar refractivity (Wildman–Crippen MR) is 104 cm³/mol. The van der Waals surface area contributed by atoms with Crippen LogP contribution in [0.2, 0.25) is 0 Å². The zero-order chi connectivity index (χ0) is 22.3. The van der Waals surface area contributed by atoms with Gasteiger partial charge in [0.25, 0.3) is 5.71 Å². The normalized spacial score (nSPS) is 22.0. The maximum Gasteiger partial charge on any atom is 0.417 e. The van der Waals surface area contributed by atoms with Gasteiger partial charge in [0.2, 0.25) is 11.8 Å². The number of aryl methyl sites for hydroxylation is 1. The fourth-order valence-electron chi connectivity index (χ4n) is 4.25. The molecule has 1 fully saturated rings. The van der Waals surface area contributed by atoms with Gasteiger partial charge < -0.3 is 9.42 Å². The van der Waals surface area contributed by atoms with E-state index in [-0.39, 0.29) is 53.2 Å². The molecule has 0 saturated carbocycles. The molecular formula is C20H22F3N5O3. The second kappa shape index (κ2) is 7.93. The van der Waals surface area contributed by atoms with Gasteiger partial charge in [0, 0.05) is 31.1 Å². The minimum Gasteiger partial charge on any atom is -0.342 e. The number of halogens is 3. The molecule has 1 N–H and O–H groups in total. The SMILES string of the molecule is CC1=NNC(=O)[C@@H]1CCC(=O)N1CCC[C@H](c2cc(C(F)(F)F)c3c(C)noc3n2)C1. The van der Waals surface area contributed by atoms with Crippen molar-refractivity contribution >= 4 is 28.6 Å². The Morgan fingerprint density at radius 1 is 1.35 bits per heavy atom. The molecule has 0 unspecified atom stereocenters. The van der Waals surface area contributed by atoms with Gasteiger partial charge in [-0.25, -0.2) is 10.4 Å². The number of hydrogen-bond donors (Lipinski definition) is 1. The third-order valence-electron chi connectivity index (χ3n) is 5.94. The Labute approximate surface area is 175 Å². The van der Waals surface area contributed by atoms with Crippen molar-refractivity contribution in [2.75, 3.05) is 13.1 Å². The van der Waals surface area contributed by atoms with Crippen molar-refractivity contribution in [3.63, 3.8) is 0 Å². The monoisotopic (exact) mass is 437 g/mol. The van der Waals surface area contributed by atoms with E-state index in [1.807, 2.05) is 0 Å². The van der Waals surface area contributed by atoms with E-state index in [9.17, 15) is 22.8 Å². The molecule has 11 heteroatoms. The minimum absolute atomic E-state index is 0.133. The molecule has 166 valence electrons. The largest absolute Gasteiger partial charge is 0.417 e. The lowest BCUT2D eigenvalue weighted by Crippen LogP contribution is -2.39. The zero-order valence-corrected chi connectivity index (χ0v) is 17.1. The van der Waals surface area contributed by atoms with Gasteiger partial charge in [0.15, 0.2) is 0 Å². The van der Waals surface area contributed by atoms with E-state index in [2.05, 4.69) is 20.7 Å². The van der Waals surface area contributed by atoms with Crippen molar-refractivity contribution < 1.29 is 27.3 Å². The molecule has 0 aliphatic carbocycles. The second-order valence-electron chi connectivity index (χ2n) is 8.04. The highest BCUT2D eigenvalue weighted by atomic mass is 19.4. The van der Waals surface area contributed by atoms with Gasteiger partial charge in [-0.3, -0.25) is 9.59 Å². The minimum atomic E-state index is -4.57. The molecule has 0 radical (unpaired) electrons. The quantitative estimate of drug-likeness (QED) is 0.792. The summed E-state index contributed by atoms with van der Waals surface area (Å²) in [7, 11) is 0. The van der Waals surface area contributed by atoms with Crippen molar-refractivity contribution in [3.8, 4) is 0 Å². The van der Waals surface area contributed by atoms with E-state index in [1.165, 1.54) is 6.92 Å². The van der Waals surface area contributed by atoms with Gasteiger partial charge in [0.1, 0.15) is 0 Å². The van der Waals surface area contributed by atoms with Crippen LogP contribution in [0, 0.1) is 12.8 Å².